The molecule has 2 heterocycles. The Hall–Kier alpha value is -1.23. The van der Waals surface area contributed by atoms with Crippen LogP contribution in [-0.2, 0) is 11.2 Å². The molecule has 0 aliphatic rings. The maximum absolute atomic E-state index is 6.15. The molecular formula is C15H20N2OS. The summed E-state index contributed by atoms with van der Waals surface area (Å²) < 4.78 is 5.99. The predicted octanol–water partition coefficient (Wildman–Crippen LogP) is 3.18. The molecule has 0 bridgehead atoms. The van der Waals surface area contributed by atoms with Crippen LogP contribution in [0.5, 0.6) is 0 Å². The maximum Gasteiger partial charge on any atom is 0.107 e. The van der Waals surface area contributed by atoms with E-state index in [1.54, 1.807) is 11.3 Å². The second kappa shape index (κ2) is 7.38. The maximum atomic E-state index is 6.15. The van der Waals surface area contributed by atoms with Crippen LogP contribution in [0.2, 0.25) is 0 Å². The van der Waals surface area contributed by atoms with Crippen LogP contribution in [-0.4, -0.2) is 17.6 Å². The molecule has 2 N–H and O–H groups in total. The molecule has 0 aliphatic heterocycles. The lowest BCUT2D eigenvalue weighted by Crippen LogP contribution is -2.29. The van der Waals surface area contributed by atoms with Gasteiger partial charge in [0, 0.05) is 29.2 Å². The third-order valence-electron chi connectivity index (χ3n) is 3.07. The fourth-order valence-electron chi connectivity index (χ4n) is 1.92. The monoisotopic (exact) mass is 276 g/mol. The molecule has 2 aromatic rings. The van der Waals surface area contributed by atoms with Gasteiger partial charge < -0.3 is 10.5 Å². The Labute approximate surface area is 118 Å². The van der Waals surface area contributed by atoms with Crippen LogP contribution in [0.1, 0.15) is 30.0 Å². The SMILES string of the molecule is CCC(N)C(OCCc1ccccn1)c1cccs1. The van der Waals surface area contributed by atoms with Crippen molar-refractivity contribution in [3.05, 3.63) is 52.5 Å². The molecule has 2 atom stereocenters. The van der Waals surface area contributed by atoms with Gasteiger partial charge in [0.25, 0.3) is 0 Å². The normalized spacial score (nSPS) is 14.2. The number of nitrogens with two attached hydrogens (primary N) is 1. The lowest BCUT2D eigenvalue weighted by atomic mass is 10.1. The highest BCUT2D eigenvalue weighted by molar-refractivity contribution is 7.10. The van der Waals surface area contributed by atoms with Gasteiger partial charge in [-0.2, -0.15) is 0 Å². The fraction of sp³-hybridized carbons (Fsp3) is 0.400. The fourth-order valence-corrected chi connectivity index (χ4v) is 2.77. The quantitative estimate of drug-likeness (QED) is 0.845. The van der Waals surface area contributed by atoms with E-state index in [1.807, 2.05) is 30.5 Å². The van der Waals surface area contributed by atoms with Crippen LogP contribution < -0.4 is 5.73 Å². The van der Waals surface area contributed by atoms with Gasteiger partial charge in [0.05, 0.1) is 6.61 Å². The van der Waals surface area contributed by atoms with Crippen molar-refractivity contribution >= 4 is 11.3 Å². The first-order valence-electron chi connectivity index (χ1n) is 6.61. The topological polar surface area (TPSA) is 48.1 Å². The Morgan fingerprint density at radius 1 is 1.32 bits per heavy atom. The van der Waals surface area contributed by atoms with Crippen LogP contribution in [0.3, 0.4) is 0 Å². The summed E-state index contributed by atoms with van der Waals surface area (Å²) in [6.45, 7) is 2.74. The molecule has 102 valence electrons. The average Bonchev–Trinajstić information content (AvgIpc) is 2.98. The second-order valence-electron chi connectivity index (χ2n) is 4.45. The highest BCUT2D eigenvalue weighted by atomic mass is 32.1. The minimum Gasteiger partial charge on any atom is -0.371 e. The van der Waals surface area contributed by atoms with Crippen molar-refractivity contribution in [1.29, 1.82) is 0 Å². The summed E-state index contributed by atoms with van der Waals surface area (Å²) in [5.41, 5.74) is 7.21. The Balaban J connectivity index is 1.90. The van der Waals surface area contributed by atoms with Gasteiger partial charge in [0.1, 0.15) is 6.10 Å². The number of rotatable bonds is 7. The molecule has 0 amide bonds. The summed E-state index contributed by atoms with van der Waals surface area (Å²) in [7, 11) is 0. The van der Waals surface area contributed by atoms with Crippen LogP contribution in [0.15, 0.2) is 41.9 Å². The number of ether oxygens (including phenoxy) is 1. The van der Waals surface area contributed by atoms with Crippen molar-refractivity contribution < 1.29 is 4.74 Å². The molecule has 2 unspecified atom stereocenters. The molecule has 0 fully saturated rings. The van der Waals surface area contributed by atoms with Gasteiger partial charge in [-0.1, -0.05) is 19.1 Å². The number of pyridine rings is 1. The van der Waals surface area contributed by atoms with Crippen LogP contribution in [0.25, 0.3) is 0 Å². The van der Waals surface area contributed by atoms with Crippen molar-refractivity contribution in [3.8, 4) is 0 Å². The molecule has 2 aromatic heterocycles. The van der Waals surface area contributed by atoms with E-state index in [9.17, 15) is 0 Å². The Bertz CT molecular complexity index is 458. The summed E-state index contributed by atoms with van der Waals surface area (Å²) in [5, 5.41) is 2.06. The van der Waals surface area contributed by atoms with E-state index >= 15 is 0 Å². The van der Waals surface area contributed by atoms with Gasteiger partial charge in [-0.15, -0.1) is 11.3 Å². The smallest absolute Gasteiger partial charge is 0.107 e. The van der Waals surface area contributed by atoms with E-state index in [0.29, 0.717) is 6.61 Å². The minimum absolute atomic E-state index is 0.00582. The van der Waals surface area contributed by atoms with Crippen molar-refractivity contribution in [2.24, 2.45) is 5.73 Å². The number of nitrogens with zero attached hydrogens (tertiary/aromatic N) is 1. The molecule has 3 nitrogen and oxygen atoms in total. The number of thiophene rings is 1. The molecular weight excluding hydrogens is 256 g/mol. The van der Waals surface area contributed by atoms with E-state index in [0.717, 1.165) is 18.5 Å². The standard InChI is InChI=1S/C15H20N2OS/c1-2-13(16)15(14-7-5-11-19-14)18-10-8-12-6-3-4-9-17-12/h3-7,9,11,13,15H,2,8,10,16H2,1H3. The largest absolute Gasteiger partial charge is 0.371 e. The number of aromatic nitrogens is 1. The Kier molecular flexibility index (Phi) is 5.51. The lowest BCUT2D eigenvalue weighted by Gasteiger charge is -2.22. The summed E-state index contributed by atoms with van der Waals surface area (Å²) in [6.07, 6.45) is 3.53. The summed E-state index contributed by atoms with van der Waals surface area (Å²) in [4.78, 5) is 5.50. The summed E-state index contributed by atoms with van der Waals surface area (Å²) in [6, 6.07) is 10.1. The Morgan fingerprint density at radius 2 is 2.21 bits per heavy atom. The van der Waals surface area contributed by atoms with Crippen molar-refractivity contribution in [2.75, 3.05) is 6.61 Å². The third-order valence-corrected chi connectivity index (χ3v) is 4.00. The molecule has 0 saturated carbocycles. The molecule has 0 aromatic carbocycles. The van der Waals surface area contributed by atoms with E-state index in [-0.39, 0.29) is 12.1 Å². The zero-order valence-corrected chi connectivity index (χ0v) is 12.0. The van der Waals surface area contributed by atoms with Crippen molar-refractivity contribution in [2.45, 2.75) is 31.9 Å². The van der Waals surface area contributed by atoms with Gasteiger partial charge in [0.2, 0.25) is 0 Å². The number of hydrogen-bond acceptors (Lipinski definition) is 4. The molecule has 0 radical (unpaired) electrons. The highest BCUT2D eigenvalue weighted by Gasteiger charge is 2.20. The molecule has 19 heavy (non-hydrogen) atoms. The summed E-state index contributed by atoms with van der Waals surface area (Å²) in [5.74, 6) is 0. The molecule has 2 rings (SSSR count). The van der Waals surface area contributed by atoms with E-state index in [2.05, 4.69) is 23.4 Å². The first-order valence-corrected chi connectivity index (χ1v) is 7.49. The van der Waals surface area contributed by atoms with Gasteiger partial charge >= 0.3 is 0 Å². The Morgan fingerprint density at radius 3 is 2.84 bits per heavy atom. The van der Waals surface area contributed by atoms with Crippen molar-refractivity contribution in [1.82, 2.24) is 4.98 Å². The molecule has 0 saturated heterocycles. The van der Waals surface area contributed by atoms with Crippen molar-refractivity contribution in [3.63, 3.8) is 0 Å². The number of hydrogen-bond donors (Lipinski definition) is 1. The van der Waals surface area contributed by atoms with Gasteiger partial charge in [-0.05, 0) is 30.0 Å². The van der Waals surface area contributed by atoms with E-state index in [4.69, 9.17) is 10.5 Å². The predicted molar refractivity (Wildman–Crippen MR) is 79.2 cm³/mol. The van der Waals surface area contributed by atoms with Gasteiger partial charge in [-0.25, -0.2) is 0 Å². The molecule has 0 aliphatic carbocycles. The van der Waals surface area contributed by atoms with Gasteiger partial charge in [-0.3, -0.25) is 4.98 Å². The lowest BCUT2D eigenvalue weighted by molar-refractivity contribution is 0.0375. The first-order chi connectivity index (χ1) is 9.31. The first kappa shape index (κ1) is 14.2. The zero-order valence-electron chi connectivity index (χ0n) is 11.2. The second-order valence-corrected chi connectivity index (χ2v) is 5.43. The third kappa shape index (κ3) is 4.13. The zero-order chi connectivity index (χ0) is 13.5. The molecule has 0 spiro atoms. The van der Waals surface area contributed by atoms with Crippen LogP contribution in [0, 0.1) is 0 Å². The van der Waals surface area contributed by atoms with Crippen LogP contribution in [0.4, 0.5) is 0 Å². The summed E-state index contributed by atoms with van der Waals surface area (Å²) >= 11 is 1.70. The van der Waals surface area contributed by atoms with E-state index < -0.39 is 0 Å². The highest BCUT2D eigenvalue weighted by Crippen LogP contribution is 2.26. The van der Waals surface area contributed by atoms with Gasteiger partial charge in [0.15, 0.2) is 0 Å². The van der Waals surface area contributed by atoms with E-state index in [1.165, 1.54) is 4.88 Å². The molecule has 4 heteroatoms. The minimum atomic E-state index is -0.00582. The average molecular weight is 276 g/mol. The van der Waals surface area contributed by atoms with Crippen LogP contribution >= 0.6 is 11.3 Å².